The van der Waals surface area contributed by atoms with E-state index < -0.39 is 0 Å². The Morgan fingerprint density at radius 3 is 3.30 bits per heavy atom. The summed E-state index contributed by atoms with van der Waals surface area (Å²) in [5, 5.41) is 2.17. The van der Waals surface area contributed by atoms with Crippen LogP contribution in [-0.4, -0.2) is 0 Å². The monoisotopic (exact) mass is 168 g/mol. The molecule has 0 aromatic carbocycles. The van der Waals surface area contributed by atoms with E-state index in [1.54, 1.807) is 0 Å². The van der Waals surface area contributed by atoms with Crippen LogP contribution in [0, 0.1) is 0 Å². The largest absolute Gasteiger partial charge is 0.147 e. The number of thioether (sulfide) groups is 1. The summed E-state index contributed by atoms with van der Waals surface area (Å²) in [6.07, 6.45) is 3.44. The van der Waals surface area contributed by atoms with Crippen molar-refractivity contribution < 1.29 is 0 Å². The lowest BCUT2D eigenvalue weighted by atomic mass is 10.3. The van der Waals surface area contributed by atoms with Gasteiger partial charge < -0.3 is 0 Å². The maximum Gasteiger partial charge on any atom is 0.0261 e. The van der Waals surface area contributed by atoms with Crippen molar-refractivity contribution in [3.05, 3.63) is 27.3 Å². The van der Waals surface area contributed by atoms with Gasteiger partial charge in [0.15, 0.2) is 0 Å². The number of hydrogen-bond acceptors (Lipinski definition) is 2. The standard InChI is InChI=1S/C8H8S2/c1-6-2-3-7-8(10-6)4-5-9-7/h2,4-5H,3H2,1H3. The van der Waals surface area contributed by atoms with Crippen molar-refractivity contribution in [2.24, 2.45) is 0 Å². The lowest BCUT2D eigenvalue weighted by Crippen LogP contribution is -1.85. The highest BCUT2D eigenvalue weighted by molar-refractivity contribution is 8.03. The van der Waals surface area contributed by atoms with E-state index in [0.29, 0.717) is 0 Å². The molecule has 1 aromatic heterocycles. The van der Waals surface area contributed by atoms with Gasteiger partial charge in [-0.15, -0.1) is 11.3 Å². The van der Waals surface area contributed by atoms with Crippen LogP contribution in [0.2, 0.25) is 0 Å². The normalized spacial score (nSPS) is 16.3. The Kier molecular flexibility index (Phi) is 1.58. The van der Waals surface area contributed by atoms with Gasteiger partial charge in [0.25, 0.3) is 0 Å². The maximum absolute atomic E-state index is 2.30. The first-order valence-electron chi connectivity index (χ1n) is 3.27. The molecule has 0 atom stereocenters. The zero-order valence-corrected chi connectivity index (χ0v) is 7.39. The van der Waals surface area contributed by atoms with Crippen LogP contribution in [0.15, 0.2) is 27.3 Å². The van der Waals surface area contributed by atoms with E-state index in [1.165, 1.54) is 14.7 Å². The van der Waals surface area contributed by atoms with Crippen LogP contribution in [0.5, 0.6) is 0 Å². The Labute approximate surface area is 69.0 Å². The zero-order valence-electron chi connectivity index (χ0n) is 5.76. The van der Waals surface area contributed by atoms with Gasteiger partial charge in [0.2, 0.25) is 0 Å². The number of rotatable bonds is 0. The fourth-order valence-corrected chi connectivity index (χ4v) is 2.95. The molecule has 0 fully saturated rings. The van der Waals surface area contributed by atoms with Crippen LogP contribution in [0.25, 0.3) is 0 Å². The Morgan fingerprint density at radius 2 is 2.40 bits per heavy atom. The second kappa shape index (κ2) is 2.44. The summed E-state index contributed by atoms with van der Waals surface area (Å²) in [6.45, 7) is 2.17. The second-order valence-electron chi connectivity index (χ2n) is 2.33. The molecule has 52 valence electrons. The van der Waals surface area contributed by atoms with E-state index in [2.05, 4.69) is 24.4 Å². The lowest BCUT2D eigenvalue weighted by Gasteiger charge is -2.07. The third kappa shape index (κ3) is 1.02. The van der Waals surface area contributed by atoms with Gasteiger partial charge >= 0.3 is 0 Å². The molecule has 1 aliphatic rings. The van der Waals surface area contributed by atoms with E-state index >= 15 is 0 Å². The Morgan fingerprint density at radius 1 is 1.50 bits per heavy atom. The van der Waals surface area contributed by atoms with Crippen molar-refractivity contribution in [1.29, 1.82) is 0 Å². The molecule has 2 heterocycles. The van der Waals surface area contributed by atoms with Crippen molar-refractivity contribution >= 4 is 23.1 Å². The minimum absolute atomic E-state index is 1.14. The van der Waals surface area contributed by atoms with Crippen molar-refractivity contribution in [2.75, 3.05) is 0 Å². The quantitative estimate of drug-likeness (QED) is 0.572. The smallest absolute Gasteiger partial charge is 0.0261 e. The molecule has 0 bridgehead atoms. The average molecular weight is 168 g/mol. The lowest BCUT2D eigenvalue weighted by molar-refractivity contribution is 1.22. The molecule has 2 heteroatoms. The molecule has 0 saturated carbocycles. The molecular formula is C8H8S2. The average Bonchev–Trinajstić information content (AvgIpc) is 2.33. The van der Waals surface area contributed by atoms with Gasteiger partial charge in [0, 0.05) is 16.2 Å². The van der Waals surface area contributed by atoms with Gasteiger partial charge in [-0.2, -0.15) is 0 Å². The highest BCUT2D eigenvalue weighted by Gasteiger charge is 2.08. The number of hydrogen-bond donors (Lipinski definition) is 0. The predicted molar refractivity (Wildman–Crippen MR) is 47.6 cm³/mol. The molecule has 0 nitrogen and oxygen atoms in total. The van der Waals surface area contributed by atoms with E-state index in [9.17, 15) is 0 Å². The molecule has 1 aliphatic heterocycles. The van der Waals surface area contributed by atoms with Crippen LogP contribution in [0.3, 0.4) is 0 Å². The van der Waals surface area contributed by atoms with Gasteiger partial charge in [-0.1, -0.05) is 17.8 Å². The predicted octanol–water partition coefficient (Wildman–Crippen LogP) is 3.30. The van der Waals surface area contributed by atoms with Crippen LogP contribution in [0.4, 0.5) is 0 Å². The Hall–Kier alpha value is -0.210. The minimum atomic E-state index is 1.14. The third-order valence-electron chi connectivity index (χ3n) is 1.55. The highest BCUT2D eigenvalue weighted by atomic mass is 32.2. The number of allylic oxidation sites excluding steroid dienone is 2. The highest BCUT2D eigenvalue weighted by Crippen LogP contribution is 2.36. The topological polar surface area (TPSA) is 0 Å². The summed E-state index contributed by atoms with van der Waals surface area (Å²) >= 11 is 3.75. The summed E-state index contributed by atoms with van der Waals surface area (Å²) in [4.78, 5) is 4.42. The maximum atomic E-state index is 2.30. The van der Waals surface area contributed by atoms with Gasteiger partial charge in [-0.05, 0) is 23.3 Å². The molecular weight excluding hydrogens is 160 g/mol. The minimum Gasteiger partial charge on any atom is -0.147 e. The molecule has 0 spiro atoms. The summed E-state index contributed by atoms with van der Waals surface area (Å²) in [5.74, 6) is 0. The van der Waals surface area contributed by atoms with Gasteiger partial charge in [-0.3, -0.25) is 0 Å². The van der Waals surface area contributed by atoms with Gasteiger partial charge in [-0.25, -0.2) is 0 Å². The fraction of sp³-hybridized carbons (Fsp3) is 0.250. The first-order chi connectivity index (χ1) is 4.86. The molecule has 0 saturated heterocycles. The SMILES string of the molecule is CC1=CCc2sccc2S1. The summed E-state index contributed by atoms with van der Waals surface area (Å²) < 4.78 is 0. The molecule has 0 unspecified atom stereocenters. The van der Waals surface area contributed by atoms with Crippen molar-refractivity contribution in [1.82, 2.24) is 0 Å². The van der Waals surface area contributed by atoms with Crippen molar-refractivity contribution in [3.8, 4) is 0 Å². The Bertz CT molecular complexity index is 271. The van der Waals surface area contributed by atoms with E-state index in [4.69, 9.17) is 0 Å². The third-order valence-corrected chi connectivity index (χ3v) is 3.71. The van der Waals surface area contributed by atoms with Crippen LogP contribution in [-0.2, 0) is 6.42 Å². The molecule has 1 aromatic rings. The summed E-state index contributed by atoms with van der Waals surface area (Å²) in [5.41, 5.74) is 0. The molecule has 0 radical (unpaired) electrons. The molecule has 0 aliphatic carbocycles. The molecule has 0 N–H and O–H groups in total. The summed E-state index contributed by atoms with van der Waals surface area (Å²) in [7, 11) is 0. The van der Waals surface area contributed by atoms with Gasteiger partial charge in [0.1, 0.15) is 0 Å². The number of fused-ring (bicyclic) bond motifs is 1. The fourth-order valence-electron chi connectivity index (χ4n) is 1.02. The van der Waals surface area contributed by atoms with Gasteiger partial charge in [0.05, 0.1) is 0 Å². The summed E-state index contributed by atoms with van der Waals surface area (Å²) in [6, 6.07) is 2.21. The van der Waals surface area contributed by atoms with Crippen LogP contribution >= 0.6 is 23.1 Å². The number of thiophene rings is 1. The first kappa shape index (κ1) is 6.50. The second-order valence-corrected chi connectivity index (χ2v) is 4.62. The molecule has 10 heavy (non-hydrogen) atoms. The van der Waals surface area contributed by atoms with E-state index in [-0.39, 0.29) is 0 Å². The van der Waals surface area contributed by atoms with E-state index in [0.717, 1.165) is 6.42 Å². The first-order valence-corrected chi connectivity index (χ1v) is 4.97. The van der Waals surface area contributed by atoms with Crippen molar-refractivity contribution in [2.45, 2.75) is 18.2 Å². The van der Waals surface area contributed by atoms with E-state index in [1.807, 2.05) is 23.1 Å². The van der Waals surface area contributed by atoms with Crippen LogP contribution < -0.4 is 0 Å². The zero-order chi connectivity index (χ0) is 6.97. The Balaban J connectivity index is 2.39. The molecule has 0 amide bonds. The van der Waals surface area contributed by atoms with Crippen LogP contribution in [0.1, 0.15) is 11.8 Å². The molecule has 2 rings (SSSR count). The van der Waals surface area contributed by atoms with Crippen molar-refractivity contribution in [3.63, 3.8) is 0 Å².